The monoisotopic (exact) mass is 904 g/mol. The molecule has 0 radical (unpaired) electrons. The first-order chi connectivity index (χ1) is 21.0. The predicted octanol–water partition coefficient (Wildman–Crippen LogP) is 4.92. The van der Waals surface area contributed by atoms with Crippen LogP contribution in [0.3, 0.4) is 0 Å². The number of hydrogen-bond acceptors (Lipinski definition) is 16. The predicted molar refractivity (Wildman–Crippen MR) is 203 cm³/mol. The zero-order valence-corrected chi connectivity index (χ0v) is 44.7. The summed E-state index contributed by atoms with van der Waals surface area (Å²) in [5.41, 5.74) is 0.617. The Morgan fingerprint density at radius 3 is 0.750 bits per heavy atom. The highest BCUT2D eigenvalue weighted by atomic mass is 28.6. The van der Waals surface area contributed by atoms with Gasteiger partial charge in [-0.1, -0.05) is 0 Å². The molecule has 5 rings (SSSR count). The van der Waals surface area contributed by atoms with E-state index in [4.69, 9.17) is 65.8 Å². The van der Waals surface area contributed by atoms with E-state index in [0.717, 1.165) is 0 Å². The van der Waals surface area contributed by atoms with E-state index in [2.05, 4.69) is 13.1 Å². The molecule has 0 N–H and O–H groups in total. The van der Waals surface area contributed by atoms with Crippen molar-refractivity contribution in [2.75, 3.05) is 0 Å². The molecule has 8 bridgehead atoms. The highest BCUT2D eigenvalue weighted by Gasteiger charge is 2.72. The van der Waals surface area contributed by atoms with E-state index in [-0.39, 0.29) is 0 Å². The Balaban J connectivity index is 1.75. The van der Waals surface area contributed by atoms with Crippen LogP contribution in [0.1, 0.15) is 0 Å². The Kier molecular flexibility index (Phi) is 10.4. The molecular formula is C19H56O16Si13. The van der Waals surface area contributed by atoms with Crippen LogP contribution in [0.4, 0.5) is 0 Å². The minimum absolute atomic E-state index is 0.617. The maximum atomic E-state index is 7.06. The van der Waals surface area contributed by atoms with Crippen molar-refractivity contribution in [3.05, 3.63) is 0 Å². The Morgan fingerprint density at radius 2 is 0.438 bits per heavy atom. The number of fused-ring (bicyclic) bond motifs is 6. The second-order valence-corrected chi connectivity index (χ2v) is 59.9. The van der Waals surface area contributed by atoms with Crippen molar-refractivity contribution in [2.45, 2.75) is 124 Å². The molecule has 0 aromatic heterocycles. The van der Waals surface area contributed by atoms with Crippen molar-refractivity contribution >= 4 is 113 Å². The van der Waals surface area contributed by atoms with Crippen molar-refractivity contribution in [3.8, 4) is 0 Å². The van der Waals surface area contributed by atoms with Gasteiger partial charge in [0.2, 0.25) is 0 Å². The third kappa shape index (κ3) is 9.88. The topological polar surface area (TPSA) is 148 Å². The quantitative estimate of drug-likeness (QED) is 0.303. The molecule has 29 heteroatoms. The van der Waals surface area contributed by atoms with Gasteiger partial charge in [0, 0.05) is 51.5 Å². The van der Waals surface area contributed by atoms with Gasteiger partial charge in [-0.2, -0.15) is 0 Å². The fraction of sp³-hybridized carbons (Fsp3) is 1.00. The summed E-state index contributed by atoms with van der Waals surface area (Å²) in [5, 5.41) is 0. The zero-order chi connectivity index (χ0) is 36.5. The first kappa shape index (κ1) is 41.3. The van der Waals surface area contributed by atoms with Gasteiger partial charge in [0.1, 0.15) is 0 Å². The lowest BCUT2D eigenvalue weighted by atomic mass is 11.8. The molecule has 0 amide bonds. The van der Waals surface area contributed by atoms with Gasteiger partial charge in [0.05, 0.1) is 0 Å². The summed E-state index contributed by atoms with van der Waals surface area (Å²) in [4.78, 5) is 0. The van der Waals surface area contributed by atoms with Crippen LogP contribution in [0.5, 0.6) is 0 Å². The van der Waals surface area contributed by atoms with Gasteiger partial charge in [-0.15, -0.1) is 0 Å². The molecule has 5 fully saturated rings. The van der Waals surface area contributed by atoms with Crippen LogP contribution in [0.2, 0.25) is 124 Å². The lowest BCUT2D eigenvalue weighted by molar-refractivity contribution is 0.0578. The third-order valence-electron chi connectivity index (χ3n) is 7.31. The van der Waals surface area contributed by atoms with Gasteiger partial charge >= 0.3 is 104 Å². The average Bonchev–Trinajstić information content (AvgIpc) is 2.59. The summed E-state index contributed by atoms with van der Waals surface area (Å²) in [6.07, 6.45) is 0. The number of rotatable bonds is 0. The molecule has 280 valence electrons. The second-order valence-electron chi connectivity index (χ2n) is 16.3. The molecular weight excluding hydrogens is 849 g/mol. The van der Waals surface area contributed by atoms with Gasteiger partial charge in [0.15, 0.2) is 8.32 Å². The van der Waals surface area contributed by atoms with E-state index in [1.807, 2.05) is 98.2 Å². The van der Waals surface area contributed by atoms with Crippen molar-refractivity contribution in [1.82, 2.24) is 0 Å². The van der Waals surface area contributed by atoms with Crippen LogP contribution in [-0.2, 0) is 65.8 Å². The van der Waals surface area contributed by atoms with Gasteiger partial charge < -0.3 is 65.8 Å². The van der Waals surface area contributed by atoms with Crippen molar-refractivity contribution in [2.24, 2.45) is 0 Å². The molecule has 5 saturated heterocycles. The SMILES string of the molecule is C[Si]1(C)C[Si]2(C)O[Si]3(C)O[Si](C)(O1)O[Si](C)(C)O[Si]1(C)O[Si](C)(C)O[Si](C)(C)O[Si]4(C)O[Si](C)(C)O[Si](C)(O[Si](C)(O2)O3)O[Si](C)(O1)O4. The molecule has 0 spiro atoms. The molecule has 0 aromatic carbocycles. The molecule has 16 nitrogen and oxygen atoms in total. The second kappa shape index (κ2) is 12.1. The van der Waals surface area contributed by atoms with E-state index in [9.17, 15) is 0 Å². The molecule has 5 aliphatic heterocycles. The van der Waals surface area contributed by atoms with E-state index in [0.29, 0.717) is 5.67 Å². The van der Waals surface area contributed by atoms with Crippen molar-refractivity contribution in [1.29, 1.82) is 0 Å². The minimum Gasteiger partial charge on any atom is -0.417 e. The fourth-order valence-electron chi connectivity index (χ4n) is 8.00. The van der Waals surface area contributed by atoms with Gasteiger partial charge in [-0.3, -0.25) is 0 Å². The highest BCUT2D eigenvalue weighted by Crippen LogP contribution is 2.45. The maximum absolute atomic E-state index is 7.06. The maximum Gasteiger partial charge on any atom is 0.475 e. The molecule has 5 heterocycles. The Morgan fingerprint density at radius 1 is 0.229 bits per heavy atom. The van der Waals surface area contributed by atoms with Crippen LogP contribution >= 0.6 is 0 Å². The lowest BCUT2D eigenvalue weighted by Gasteiger charge is -2.56. The first-order valence-electron chi connectivity index (χ1n) is 16.2. The lowest BCUT2D eigenvalue weighted by Crippen LogP contribution is -2.79. The third-order valence-corrected chi connectivity index (χ3v) is 65.8. The van der Waals surface area contributed by atoms with E-state index in [1.165, 1.54) is 0 Å². The standard InChI is InChI=1S/C19H56O16Si13/c1-36(2)19-41(11)28-46(16)30-42(12,20-36)24-39(7,8)25-43(13)22-37(3,4)21-38(5,6)23-44(14)26-40(9,10)27-45(15,33-47(17,29-41)35-46)34-48(18,31-43)32-44/h19H2,1-18H3. The highest BCUT2D eigenvalue weighted by molar-refractivity contribution is 7.03. The van der Waals surface area contributed by atoms with Crippen LogP contribution in [0.15, 0.2) is 0 Å². The fourth-order valence-corrected chi connectivity index (χ4v) is 83.7. The van der Waals surface area contributed by atoms with E-state index < -0.39 is 113 Å². The molecule has 0 aliphatic carbocycles. The molecule has 5 aliphatic rings. The summed E-state index contributed by atoms with van der Waals surface area (Å²) >= 11 is 0. The molecule has 8 unspecified atom stereocenters. The summed E-state index contributed by atoms with van der Waals surface area (Å²) in [6.45, 7) is 34.8. The van der Waals surface area contributed by atoms with Crippen LogP contribution in [-0.4, -0.2) is 113 Å². The Hall–Kier alpha value is 2.18. The molecule has 0 saturated carbocycles. The van der Waals surface area contributed by atoms with Crippen LogP contribution < -0.4 is 0 Å². The van der Waals surface area contributed by atoms with Crippen LogP contribution in [0.25, 0.3) is 0 Å². The minimum atomic E-state index is -3.90. The van der Waals surface area contributed by atoms with Crippen molar-refractivity contribution < 1.29 is 65.8 Å². The normalized spacial score (nSPS) is 51.6. The summed E-state index contributed by atoms with van der Waals surface area (Å²) in [7, 11) is -43.5. The zero-order valence-electron chi connectivity index (χ0n) is 31.7. The Labute approximate surface area is 300 Å². The summed E-state index contributed by atoms with van der Waals surface area (Å²) in [5.74, 6) is 0. The first-order valence-corrected chi connectivity index (χ1v) is 48.7. The molecule has 48 heavy (non-hydrogen) atoms. The Bertz CT molecular complexity index is 1300. The van der Waals surface area contributed by atoms with Gasteiger partial charge in [-0.25, -0.2) is 0 Å². The largest absolute Gasteiger partial charge is 0.475 e. The van der Waals surface area contributed by atoms with Gasteiger partial charge in [-0.05, 0) is 72.0 Å². The summed E-state index contributed by atoms with van der Waals surface area (Å²) < 4.78 is 111. The van der Waals surface area contributed by atoms with Crippen molar-refractivity contribution in [3.63, 3.8) is 0 Å². The summed E-state index contributed by atoms with van der Waals surface area (Å²) in [6, 6.07) is 0. The molecule has 8 atom stereocenters. The van der Waals surface area contributed by atoms with E-state index in [1.54, 1.807) is 6.55 Å². The van der Waals surface area contributed by atoms with E-state index >= 15 is 0 Å². The van der Waals surface area contributed by atoms with Crippen LogP contribution in [0, 0.1) is 0 Å². The van der Waals surface area contributed by atoms with Gasteiger partial charge in [0.25, 0.3) is 0 Å². The smallest absolute Gasteiger partial charge is 0.417 e. The molecule has 0 aromatic rings. The average molecular weight is 906 g/mol. The number of hydrogen-bond donors (Lipinski definition) is 0.